The maximum Gasteiger partial charge on any atom is 0.258 e. The summed E-state index contributed by atoms with van der Waals surface area (Å²) in [4.78, 5) is 16.4. The quantitative estimate of drug-likeness (QED) is 0.497. The maximum absolute atomic E-state index is 5.34. The first-order valence-corrected chi connectivity index (χ1v) is 5.69. The van der Waals surface area contributed by atoms with E-state index in [-0.39, 0.29) is 5.95 Å². The van der Waals surface area contributed by atoms with Gasteiger partial charge in [0, 0.05) is 6.04 Å². The summed E-state index contributed by atoms with van der Waals surface area (Å²) in [6.07, 6.45) is 6.44. The molecule has 4 N–H and O–H groups in total. The minimum atomic E-state index is 0.289. The molecule has 0 bridgehead atoms. The van der Waals surface area contributed by atoms with E-state index in [4.69, 9.17) is 5.84 Å². The molecular formula is C9H13N9. The molecule has 94 valence electrons. The molecule has 0 spiro atoms. The Labute approximate surface area is 103 Å². The molecule has 9 heteroatoms. The van der Waals surface area contributed by atoms with Crippen LogP contribution >= 0.6 is 0 Å². The third-order valence-electron chi connectivity index (χ3n) is 2.81. The summed E-state index contributed by atoms with van der Waals surface area (Å²) in [6.45, 7) is 0. The summed E-state index contributed by atoms with van der Waals surface area (Å²) in [5, 5.41) is 7.21. The lowest BCUT2D eigenvalue weighted by Gasteiger charge is -2.26. The Bertz CT molecular complexity index is 519. The van der Waals surface area contributed by atoms with E-state index in [0.717, 1.165) is 12.8 Å². The van der Waals surface area contributed by atoms with Crippen LogP contribution in [0.4, 0.5) is 11.9 Å². The zero-order valence-corrected chi connectivity index (χ0v) is 9.61. The van der Waals surface area contributed by atoms with E-state index in [1.807, 2.05) is 0 Å². The van der Waals surface area contributed by atoms with Crippen molar-refractivity contribution in [3.8, 4) is 5.95 Å². The van der Waals surface area contributed by atoms with Crippen molar-refractivity contribution in [1.29, 1.82) is 0 Å². The second-order valence-electron chi connectivity index (χ2n) is 4.04. The van der Waals surface area contributed by atoms with E-state index in [2.05, 4.69) is 35.8 Å². The number of hydrazine groups is 1. The molecule has 1 aliphatic rings. The number of hydrogen-bond donors (Lipinski definition) is 3. The predicted molar refractivity (Wildman–Crippen MR) is 63.8 cm³/mol. The second-order valence-corrected chi connectivity index (χ2v) is 4.04. The van der Waals surface area contributed by atoms with Crippen LogP contribution in [-0.4, -0.2) is 35.8 Å². The van der Waals surface area contributed by atoms with E-state index in [9.17, 15) is 0 Å². The summed E-state index contributed by atoms with van der Waals surface area (Å²) >= 11 is 0. The molecule has 1 fully saturated rings. The summed E-state index contributed by atoms with van der Waals surface area (Å²) in [5.74, 6) is 6.50. The first kappa shape index (κ1) is 10.8. The fourth-order valence-electron chi connectivity index (χ4n) is 1.64. The standard InChI is InChI=1S/C9H13N9/c10-17-8-14-7(13-6-2-1-3-6)15-9(16-8)18-5-11-4-12-18/h4-6H,1-3,10H2,(H2,13,14,15,16,17). The molecule has 0 aromatic carbocycles. The number of hydrogen-bond acceptors (Lipinski definition) is 8. The Morgan fingerprint density at radius 1 is 1.22 bits per heavy atom. The molecule has 18 heavy (non-hydrogen) atoms. The first-order chi connectivity index (χ1) is 8.85. The van der Waals surface area contributed by atoms with Crippen molar-refractivity contribution in [3.63, 3.8) is 0 Å². The summed E-state index contributed by atoms with van der Waals surface area (Å²) < 4.78 is 1.45. The van der Waals surface area contributed by atoms with Gasteiger partial charge in [0.05, 0.1) is 0 Å². The predicted octanol–water partition coefficient (Wildman–Crippen LogP) is -0.298. The van der Waals surface area contributed by atoms with E-state index in [1.165, 1.54) is 23.8 Å². The average molecular weight is 247 g/mol. The van der Waals surface area contributed by atoms with Crippen LogP contribution in [0.3, 0.4) is 0 Å². The fraction of sp³-hybridized carbons (Fsp3) is 0.444. The van der Waals surface area contributed by atoms with E-state index in [0.29, 0.717) is 17.9 Å². The monoisotopic (exact) mass is 247 g/mol. The Morgan fingerprint density at radius 2 is 2.06 bits per heavy atom. The van der Waals surface area contributed by atoms with Crippen LogP contribution in [-0.2, 0) is 0 Å². The highest BCUT2D eigenvalue weighted by atomic mass is 15.4. The summed E-state index contributed by atoms with van der Waals surface area (Å²) in [5.41, 5.74) is 2.42. The van der Waals surface area contributed by atoms with Gasteiger partial charge in [0.1, 0.15) is 12.7 Å². The maximum atomic E-state index is 5.34. The molecule has 0 aliphatic heterocycles. The molecule has 2 heterocycles. The van der Waals surface area contributed by atoms with Gasteiger partial charge in [-0.05, 0) is 19.3 Å². The van der Waals surface area contributed by atoms with Crippen molar-refractivity contribution in [2.75, 3.05) is 10.7 Å². The number of nitrogen functional groups attached to an aromatic ring is 1. The highest BCUT2D eigenvalue weighted by molar-refractivity contribution is 5.37. The Morgan fingerprint density at radius 3 is 2.67 bits per heavy atom. The normalized spacial score (nSPS) is 15.2. The van der Waals surface area contributed by atoms with Crippen LogP contribution in [0.1, 0.15) is 19.3 Å². The number of nitrogens with two attached hydrogens (primary N) is 1. The van der Waals surface area contributed by atoms with E-state index < -0.39 is 0 Å². The minimum Gasteiger partial charge on any atom is -0.351 e. The first-order valence-electron chi connectivity index (χ1n) is 5.69. The number of nitrogens with one attached hydrogen (secondary N) is 2. The second kappa shape index (κ2) is 4.53. The van der Waals surface area contributed by atoms with Crippen LogP contribution < -0.4 is 16.6 Å². The van der Waals surface area contributed by atoms with Gasteiger partial charge in [-0.15, -0.1) is 0 Å². The van der Waals surface area contributed by atoms with Crippen molar-refractivity contribution in [2.24, 2.45) is 5.84 Å². The van der Waals surface area contributed by atoms with E-state index in [1.54, 1.807) is 0 Å². The molecule has 0 amide bonds. The van der Waals surface area contributed by atoms with Crippen LogP contribution in [0.25, 0.3) is 5.95 Å². The van der Waals surface area contributed by atoms with Crippen LogP contribution in [0.15, 0.2) is 12.7 Å². The van der Waals surface area contributed by atoms with Gasteiger partial charge < -0.3 is 5.32 Å². The van der Waals surface area contributed by atoms with Crippen molar-refractivity contribution in [1.82, 2.24) is 29.7 Å². The number of nitrogens with zero attached hydrogens (tertiary/aromatic N) is 6. The molecule has 0 radical (unpaired) electrons. The lowest BCUT2D eigenvalue weighted by atomic mass is 9.93. The lowest BCUT2D eigenvalue weighted by molar-refractivity contribution is 0.443. The highest BCUT2D eigenvalue weighted by Crippen LogP contribution is 2.22. The van der Waals surface area contributed by atoms with Gasteiger partial charge in [-0.3, -0.25) is 5.43 Å². The van der Waals surface area contributed by atoms with Crippen molar-refractivity contribution < 1.29 is 0 Å². The molecule has 3 rings (SSSR count). The minimum absolute atomic E-state index is 0.289. The highest BCUT2D eigenvalue weighted by Gasteiger charge is 2.19. The molecule has 9 nitrogen and oxygen atoms in total. The topological polar surface area (TPSA) is 119 Å². The Kier molecular flexibility index (Phi) is 2.73. The van der Waals surface area contributed by atoms with Gasteiger partial charge in [-0.1, -0.05) is 0 Å². The molecular weight excluding hydrogens is 234 g/mol. The number of aromatic nitrogens is 6. The summed E-state index contributed by atoms with van der Waals surface area (Å²) in [7, 11) is 0. The molecule has 1 saturated carbocycles. The Hall–Kier alpha value is -2.29. The number of anilines is 2. The van der Waals surface area contributed by atoms with Crippen molar-refractivity contribution >= 4 is 11.9 Å². The third-order valence-corrected chi connectivity index (χ3v) is 2.81. The molecule has 2 aromatic heterocycles. The largest absolute Gasteiger partial charge is 0.351 e. The van der Waals surface area contributed by atoms with Gasteiger partial charge in [0.15, 0.2) is 0 Å². The van der Waals surface area contributed by atoms with Gasteiger partial charge in [0.25, 0.3) is 5.95 Å². The lowest BCUT2D eigenvalue weighted by Crippen LogP contribution is -2.28. The zero-order valence-electron chi connectivity index (χ0n) is 9.61. The third kappa shape index (κ3) is 2.07. The molecule has 0 saturated heterocycles. The van der Waals surface area contributed by atoms with E-state index >= 15 is 0 Å². The smallest absolute Gasteiger partial charge is 0.258 e. The zero-order chi connectivity index (χ0) is 12.4. The van der Waals surface area contributed by atoms with Crippen LogP contribution in [0, 0.1) is 0 Å². The molecule has 1 aliphatic carbocycles. The summed E-state index contributed by atoms with van der Waals surface area (Å²) in [6, 6.07) is 0.432. The van der Waals surface area contributed by atoms with Gasteiger partial charge in [-0.25, -0.2) is 10.8 Å². The fourth-order valence-corrected chi connectivity index (χ4v) is 1.64. The van der Waals surface area contributed by atoms with Crippen LogP contribution in [0.2, 0.25) is 0 Å². The molecule has 0 unspecified atom stereocenters. The van der Waals surface area contributed by atoms with Gasteiger partial charge in [0.2, 0.25) is 11.9 Å². The van der Waals surface area contributed by atoms with Gasteiger partial charge >= 0.3 is 0 Å². The SMILES string of the molecule is NNc1nc(NC2CCC2)nc(-n2cncn2)n1. The van der Waals surface area contributed by atoms with Crippen molar-refractivity contribution in [3.05, 3.63) is 12.7 Å². The Balaban J connectivity index is 1.90. The average Bonchev–Trinajstić information content (AvgIpc) is 2.87. The van der Waals surface area contributed by atoms with Crippen molar-refractivity contribution in [2.45, 2.75) is 25.3 Å². The molecule has 2 aromatic rings. The molecule has 0 atom stereocenters. The van der Waals surface area contributed by atoms with Gasteiger partial charge in [-0.2, -0.15) is 24.7 Å². The number of rotatable bonds is 4. The van der Waals surface area contributed by atoms with Crippen LogP contribution in [0.5, 0.6) is 0 Å².